The first-order chi connectivity index (χ1) is 9.48. The number of nitrogens with zero attached hydrogens (tertiary/aromatic N) is 1. The number of nitrogens with two attached hydrogens (primary N) is 1. The number of sulfonamides is 1. The molecular formula is C14H24N2O2S2. The van der Waals surface area contributed by atoms with Crippen LogP contribution in [0, 0.1) is 0 Å². The molecule has 114 valence electrons. The lowest BCUT2D eigenvalue weighted by Gasteiger charge is -2.34. The SMILES string of the molecule is CCc1ccc(S(=O)(=O)N(CC)C2CCC(N)CC2)s1. The molecule has 0 aliphatic heterocycles. The third kappa shape index (κ3) is 3.24. The molecule has 4 nitrogen and oxygen atoms in total. The van der Waals surface area contributed by atoms with E-state index in [2.05, 4.69) is 0 Å². The molecule has 1 aromatic heterocycles. The fraction of sp³-hybridized carbons (Fsp3) is 0.714. The molecule has 6 heteroatoms. The molecule has 2 rings (SSSR count). The standard InChI is InChI=1S/C14H24N2O2S2/c1-3-13-9-10-14(19-13)20(17,18)16(4-2)12-7-5-11(15)6-8-12/h9-12H,3-8,15H2,1-2H3. The summed E-state index contributed by atoms with van der Waals surface area (Å²) in [6.45, 7) is 4.49. The van der Waals surface area contributed by atoms with E-state index in [0.29, 0.717) is 10.8 Å². The number of thiophene rings is 1. The lowest BCUT2D eigenvalue weighted by Crippen LogP contribution is -2.43. The molecular weight excluding hydrogens is 292 g/mol. The maximum absolute atomic E-state index is 12.8. The summed E-state index contributed by atoms with van der Waals surface area (Å²) in [6, 6.07) is 4.01. The molecule has 1 heterocycles. The zero-order valence-corrected chi connectivity index (χ0v) is 13.8. The first-order valence-corrected chi connectivity index (χ1v) is 9.60. The molecule has 0 amide bonds. The van der Waals surface area contributed by atoms with Crippen LogP contribution in [0.25, 0.3) is 0 Å². The Kier molecular flexibility index (Phi) is 5.23. The summed E-state index contributed by atoms with van der Waals surface area (Å²) in [5.74, 6) is 0. The molecule has 0 saturated heterocycles. The Labute approximate surface area is 126 Å². The highest BCUT2D eigenvalue weighted by atomic mass is 32.2. The molecule has 0 spiro atoms. The normalized spacial score (nSPS) is 24.2. The molecule has 0 unspecified atom stereocenters. The zero-order chi connectivity index (χ0) is 14.8. The maximum Gasteiger partial charge on any atom is 0.252 e. The van der Waals surface area contributed by atoms with Crippen molar-refractivity contribution in [2.24, 2.45) is 5.73 Å². The van der Waals surface area contributed by atoms with Crippen LogP contribution in [-0.4, -0.2) is 31.4 Å². The predicted molar refractivity (Wildman–Crippen MR) is 83.5 cm³/mol. The van der Waals surface area contributed by atoms with E-state index in [-0.39, 0.29) is 12.1 Å². The van der Waals surface area contributed by atoms with Gasteiger partial charge in [-0.2, -0.15) is 4.31 Å². The second kappa shape index (κ2) is 6.56. The molecule has 0 radical (unpaired) electrons. The van der Waals surface area contributed by atoms with Crippen molar-refractivity contribution >= 4 is 21.4 Å². The highest BCUT2D eigenvalue weighted by molar-refractivity contribution is 7.91. The summed E-state index contributed by atoms with van der Waals surface area (Å²) in [5.41, 5.74) is 5.91. The Morgan fingerprint density at radius 2 is 1.90 bits per heavy atom. The Morgan fingerprint density at radius 3 is 2.40 bits per heavy atom. The molecule has 1 aliphatic carbocycles. The van der Waals surface area contributed by atoms with Gasteiger partial charge in [-0.15, -0.1) is 11.3 Å². The summed E-state index contributed by atoms with van der Waals surface area (Å²) in [6.07, 6.45) is 4.47. The van der Waals surface area contributed by atoms with Crippen LogP contribution < -0.4 is 5.73 Å². The van der Waals surface area contributed by atoms with Gasteiger partial charge in [0, 0.05) is 23.5 Å². The van der Waals surface area contributed by atoms with Gasteiger partial charge in [0.05, 0.1) is 0 Å². The Bertz CT molecular complexity index is 531. The molecule has 1 saturated carbocycles. The molecule has 1 fully saturated rings. The van der Waals surface area contributed by atoms with Crippen LogP contribution in [-0.2, 0) is 16.4 Å². The summed E-state index contributed by atoms with van der Waals surface area (Å²) in [7, 11) is -3.35. The molecule has 0 aromatic carbocycles. The van der Waals surface area contributed by atoms with Gasteiger partial charge >= 0.3 is 0 Å². The monoisotopic (exact) mass is 316 g/mol. The fourth-order valence-electron chi connectivity index (χ4n) is 2.82. The van der Waals surface area contributed by atoms with E-state index < -0.39 is 10.0 Å². The summed E-state index contributed by atoms with van der Waals surface area (Å²) >= 11 is 1.39. The van der Waals surface area contributed by atoms with Crippen molar-refractivity contribution in [3.05, 3.63) is 17.0 Å². The quantitative estimate of drug-likeness (QED) is 0.908. The van der Waals surface area contributed by atoms with E-state index >= 15 is 0 Å². The van der Waals surface area contributed by atoms with E-state index in [0.717, 1.165) is 37.0 Å². The van der Waals surface area contributed by atoms with Crippen LogP contribution in [0.5, 0.6) is 0 Å². The molecule has 0 atom stereocenters. The smallest absolute Gasteiger partial charge is 0.252 e. The third-order valence-electron chi connectivity index (χ3n) is 4.01. The van der Waals surface area contributed by atoms with Gasteiger partial charge in [0.25, 0.3) is 10.0 Å². The lowest BCUT2D eigenvalue weighted by atomic mass is 9.92. The number of hydrogen-bond acceptors (Lipinski definition) is 4. The van der Waals surface area contributed by atoms with Crippen LogP contribution in [0.15, 0.2) is 16.3 Å². The minimum Gasteiger partial charge on any atom is -0.328 e. The van der Waals surface area contributed by atoms with E-state index in [4.69, 9.17) is 5.73 Å². The van der Waals surface area contributed by atoms with Gasteiger partial charge in [0.15, 0.2) is 0 Å². The van der Waals surface area contributed by atoms with Crippen molar-refractivity contribution < 1.29 is 8.42 Å². The van der Waals surface area contributed by atoms with Crippen LogP contribution in [0.4, 0.5) is 0 Å². The third-order valence-corrected chi connectivity index (χ3v) is 7.73. The highest BCUT2D eigenvalue weighted by Crippen LogP contribution is 2.30. The van der Waals surface area contributed by atoms with E-state index in [9.17, 15) is 8.42 Å². The largest absolute Gasteiger partial charge is 0.328 e. The molecule has 20 heavy (non-hydrogen) atoms. The zero-order valence-electron chi connectivity index (χ0n) is 12.2. The van der Waals surface area contributed by atoms with Crippen molar-refractivity contribution in [1.29, 1.82) is 0 Å². The van der Waals surface area contributed by atoms with Gasteiger partial charge < -0.3 is 5.73 Å². The van der Waals surface area contributed by atoms with E-state index in [1.165, 1.54) is 11.3 Å². The van der Waals surface area contributed by atoms with Crippen molar-refractivity contribution in [2.45, 2.75) is 62.2 Å². The average Bonchev–Trinajstić information content (AvgIpc) is 2.91. The molecule has 1 aliphatic rings. The van der Waals surface area contributed by atoms with Gasteiger partial charge in [-0.3, -0.25) is 0 Å². The molecule has 0 bridgehead atoms. The Hall–Kier alpha value is -0.430. The molecule has 2 N–H and O–H groups in total. The van der Waals surface area contributed by atoms with Gasteiger partial charge in [0.1, 0.15) is 4.21 Å². The topological polar surface area (TPSA) is 63.4 Å². The summed E-state index contributed by atoms with van der Waals surface area (Å²) < 4.78 is 27.7. The second-order valence-electron chi connectivity index (χ2n) is 5.35. The van der Waals surface area contributed by atoms with E-state index in [1.54, 1.807) is 10.4 Å². The minimum absolute atomic E-state index is 0.108. The Morgan fingerprint density at radius 1 is 1.25 bits per heavy atom. The predicted octanol–water partition coefficient (Wildman–Crippen LogP) is 2.59. The number of aryl methyl sites for hydroxylation is 1. The van der Waals surface area contributed by atoms with Crippen molar-refractivity contribution in [3.63, 3.8) is 0 Å². The van der Waals surface area contributed by atoms with Gasteiger partial charge in [-0.05, 0) is 44.2 Å². The minimum atomic E-state index is -3.35. The van der Waals surface area contributed by atoms with E-state index in [1.807, 2.05) is 19.9 Å². The van der Waals surface area contributed by atoms with Gasteiger partial charge in [0.2, 0.25) is 0 Å². The number of hydrogen-bond donors (Lipinski definition) is 1. The fourth-order valence-corrected chi connectivity index (χ4v) is 5.94. The van der Waals surface area contributed by atoms with Crippen LogP contribution in [0.3, 0.4) is 0 Å². The lowest BCUT2D eigenvalue weighted by molar-refractivity contribution is 0.247. The van der Waals surface area contributed by atoms with Crippen molar-refractivity contribution in [2.75, 3.05) is 6.54 Å². The van der Waals surface area contributed by atoms with Crippen LogP contribution >= 0.6 is 11.3 Å². The van der Waals surface area contributed by atoms with Crippen LogP contribution in [0.2, 0.25) is 0 Å². The van der Waals surface area contributed by atoms with Gasteiger partial charge in [-0.1, -0.05) is 13.8 Å². The first-order valence-electron chi connectivity index (χ1n) is 7.35. The van der Waals surface area contributed by atoms with Crippen molar-refractivity contribution in [3.8, 4) is 0 Å². The van der Waals surface area contributed by atoms with Gasteiger partial charge in [-0.25, -0.2) is 8.42 Å². The summed E-state index contributed by atoms with van der Waals surface area (Å²) in [4.78, 5) is 1.12. The second-order valence-corrected chi connectivity index (χ2v) is 8.64. The Balaban J connectivity index is 2.21. The van der Waals surface area contributed by atoms with Crippen LogP contribution in [0.1, 0.15) is 44.4 Å². The average molecular weight is 316 g/mol. The summed E-state index contributed by atoms with van der Waals surface area (Å²) in [5, 5.41) is 0. The van der Waals surface area contributed by atoms with Crippen molar-refractivity contribution in [1.82, 2.24) is 4.31 Å². The highest BCUT2D eigenvalue weighted by Gasteiger charge is 2.33. The first kappa shape index (κ1) is 15.9. The maximum atomic E-state index is 12.8. The molecule has 1 aromatic rings. The number of rotatable bonds is 5.